The van der Waals surface area contributed by atoms with Gasteiger partial charge < -0.3 is 20.1 Å². The number of amides is 2. The molecule has 140 valence electrons. The van der Waals surface area contributed by atoms with Gasteiger partial charge in [-0.3, -0.25) is 9.59 Å². The Morgan fingerprint density at radius 2 is 1.93 bits per heavy atom. The van der Waals surface area contributed by atoms with Crippen molar-refractivity contribution in [1.29, 1.82) is 0 Å². The Bertz CT molecular complexity index is 1050. The highest BCUT2D eigenvalue weighted by molar-refractivity contribution is 6.04. The summed E-state index contributed by atoms with van der Waals surface area (Å²) in [5, 5.41) is 9.82. The number of anilines is 2. The lowest BCUT2D eigenvalue weighted by molar-refractivity contribution is -0.117. The number of rotatable bonds is 3. The second-order valence-electron chi connectivity index (χ2n) is 7.02. The zero-order valence-corrected chi connectivity index (χ0v) is 15.0. The topological polar surface area (TPSA) is 87.5 Å². The number of fused-ring (bicyclic) bond motifs is 3. The monoisotopic (exact) mass is 374 g/mol. The standard InChI is InChI=1S/C21H18N4O3/c26-20(16-11-19(28-24-16)13-6-2-1-3-7-13)22-14-10-18-21(27)23-15-8-4-5-9-17(15)25(18)12-14/h1-9,11,14,18H,10,12H2,(H,22,26)(H,23,27). The molecule has 7 heteroatoms. The van der Waals surface area contributed by atoms with Crippen molar-refractivity contribution in [3.05, 3.63) is 66.4 Å². The van der Waals surface area contributed by atoms with Crippen LogP contribution in [0.3, 0.4) is 0 Å². The van der Waals surface area contributed by atoms with Gasteiger partial charge in [0.15, 0.2) is 11.5 Å². The molecule has 1 saturated heterocycles. The molecule has 3 aromatic rings. The van der Waals surface area contributed by atoms with Gasteiger partial charge in [0.2, 0.25) is 5.91 Å². The Morgan fingerprint density at radius 3 is 2.79 bits per heavy atom. The summed E-state index contributed by atoms with van der Waals surface area (Å²) in [6, 6.07) is 18.4. The third-order valence-corrected chi connectivity index (χ3v) is 5.21. The number of carbonyl (C=O) groups excluding carboxylic acids is 2. The third-order valence-electron chi connectivity index (χ3n) is 5.21. The van der Waals surface area contributed by atoms with Crippen LogP contribution in [-0.2, 0) is 4.79 Å². The minimum absolute atomic E-state index is 0.0387. The maximum absolute atomic E-state index is 12.6. The van der Waals surface area contributed by atoms with E-state index in [1.807, 2.05) is 54.6 Å². The molecule has 5 rings (SSSR count). The Hall–Kier alpha value is -3.61. The first-order valence-electron chi connectivity index (χ1n) is 9.18. The van der Waals surface area contributed by atoms with E-state index in [1.54, 1.807) is 6.07 Å². The molecule has 0 saturated carbocycles. The fourth-order valence-electron chi connectivity index (χ4n) is 3.88. The van der Waals surface area contributed by atoms with Crippen molar-refractivity contribution in [3.8, 4) is 11.3 Å². The molecule has 0 aliphatic carbocycles. The van der Waals surface area contributed by atoms with E-state index in [0.29, 0.717) is 18.7 Å². The molecule has 1 fully saturated rings. The van der Waals surface area contributed by atoms with Gasteiger partial charge in [-0.2, -0.15) is 0 Å². The fraction of sp³-hybridized carbons (Fsp3) is 0.190. The van der Waals surface area contributed by atoms with Gasteiger partial charge in [-0.05, 0) is 18.6 Å². The summed E-state index contributed by atoms with van der Waals surface area (Å²) in [6.45, 7) is 0.574. The smallest absolute Gasteiger partial charge is 0.273 e. The first-order valence-corrected chi connectivity index (χ1v) is 9.18. The number of carbonyl (C=O) groups is 2. The van der Waals surface area contributed by atoms with Crippen LogP contribution in [0.1, 0.15) is 16.9 Å². The molecular formula is C21H18N4O3. The van der Waals surface area contributed by atoms with Gasteiger partial charge >= 0.3 is 0 Å². The summed E-state index contributed by atoms with van der Waals surface area (Å²) in [7, 11) is 0. The van der Waals surface area contributed by atoms with Crippen molar-refractivity contribution >= 4 is 23.2 Å². The molecule has 2 aliphatic heterocycles. The van der Waals surface area contributed by atoms with Crippen molar-refractivity contribution in [3.63, 3.8) is 0 Å². The summed E-state index contributed by atoms with van der Waals surface area (Å²) in [4.78, 5) is 27.1. The van der Waals surface area contributed by atoms with Gasteiger partial charge in [0.1, 0.15) is 6.04 Å². The van der Waals surface area contributed by atoms with E-state index in [0.717, 1.165) is 16.9 Å². The lowest BCUT2D eigenvalue weighted by Crippen LogP contribution is -2.44. The molecule has 0 spiro atoms. The number of hydrogen-bond acceptors (Lipinski definition) is 5. The van der Waals surface area contributed by atoms with Crippen molar-refractivity contribution in [2.75, 3.05) is 16.8 Å². The van der Waals surface area contributed by atoms with E-state index in [2.05, 4.69) is 20.7 Å². The summed E-state index contributed by atoms with van der Waals surface area (Å²) in [6.07, 6.45) is 0.551. The lowest BCUT2D eigenvalue weighted by atomic mass is 10.1. The van der Waals surface area contributed by atoms with Crippen LogP contribution in [0, 0.1) is 0 Å². The van der Waals surface area contributed by atoms with E-state index in [-0.39, 0.29) is 29.6 Å². The summed E-state index contributed by atoms with van der Waals surface area (Å²) in [5.74, 6) is 0.204. The van der Waals surface area contributed by atoms with Crippen LogP contribution >= 0.6 is 0 Å². The Balaban J connectivity index is 1.31. The molecule has 0 radical (unpaired) electrons. The number of para-hydroxylation sites is 2. The second kappa shape index (κ2) is 6.53. The molecule has 28 heavy (non-hydrogen) atoms. The minimum atomic E-state index is -0.301. The largest absolute Gasteiger partial charge is 0.356 e. The van der Waals surface area contributed by atoms with E-state index >= 15 is 0 Å². The van der Waals surface area contributed by atoms with Crippen molar-refractivity contribution < 1.29 is 14.1 Å². The molecule has 2 aliphatic rings. The third kappa shape index (κ3) is 2.81. The number of aromatic nitrogens is 1. The first kappa shape index (κ1) is 16.6. The molecular weight excluding hydrogens is 356 g/mol. The molecule has 0 bridgehead atoms. The molecule has 7 nitrogen and oxygen atoms in total. The molecule has 2 atom stereocenters. The molecule has 3 heterocycles. The van der Waals surface area contributed by atoms with E-state index in [4.69, 9.17) is 4.52 Å². The normalized spacial score (nSPS) is 20.3. The Morgan fingerprint density at radius 1 is 1.14 bits per heavy atom. The highest BCUT2D eigenvalue weighted by atomic mass is 16.5. The van der Waals surface area contributed by atoms with Crippen LogP contribution < -0.4 is 15.5 Å². The second-order valence-corrected chi connectivity index (χ2v) is 7.02. The number of nitrogens with one attached hydrogen (secondary N) is 2. The average Bonchev–Trinajstić information content (AvgIpc) is 3.37. The molecule has 2 N–H and O–H groups in total. The number of benzene rings is 2. The van der Waals surface area contributed by atoms with Gasteiger partial charge in [0.05, 0.1) is 11.4 Å². The van der Waals surface area contributed by atoms with Gasteiger partial charge in [0, 0.05) is 24.2 Å². The Kier molecular flexibility index (Phi) is 3.86. The highest BCUT2D eigenvalue weighted by Crippen LogP contribution is 2.36. The molecule has 1 aromatic heterocycles. The van der Waals surface area contributed by atoms with Crippen LogP contribution in [0.2, 0.25) is 0 Å². The van der Waals surface area contributed by atoms with E-state index in [1.165, 1.54) is 0 Å². The van der Waals surface area contributed by atoms with Crippen molar-refractivity contribution in [2.45, 2.75) is 18.5 Å². The van der Waals surface area contributed by atoms with Gasteiger partial charge in [0.25, 0.3) is 5.91 Å². The molecule has 2 unspecified atom stereocenters. The van der Waals surface area contributed by atoms with Crippen molar-refractivity contribution in [2.24, 2.45) is 0 Å². The van der Waals surface area contributed by atoms with E-state index in [9.17, 15) is 9.59 Å². The van der Waals surface area contributed by atoms with Crippen LogP contribution in [-0.4, -0.2) is 35.6 Å². The fourth-order valence-corrected chi connectivity index (χ4v) is 3.88. The molecule has 2 aromatic carbocycles. The zero-order valence-electron chi connectivity index (χ0n) is 15.0. The maximum Gasteiger partial charge on any atom is 0.273 e. The lowest BCUT2D eigenvalue weighted by Gasteiger charge is -2.32. The highest BCUT2D eigenvalue weighted by Gasteiger charge is 2.41. The summed E-state index contributed by atoms with van der Waals surface area (Å²) >= 11 is 0. The average molecular weight is 374 g/mol. The predicted octanol–water partition coefficient (Wildman–Crippen LogP) is 2.67. The van der Waals surface area contributed by atoms with Crippen molar-refractivity contribution in [1.82, 2.24) is 10.5 Å². The van der Waals surface area contributed by atoms with Gasteiger partial charge in [-0.25, -0.2) is 0 Å². The van der Waals surface area contributed by atoms with E-state index < -0.39 is 0 Å². The summed E-state index contributed by atoms with van der Waals surface area (Å²) in [5.41, 5.74) is 2.88. The van der Waals surface area contributed by atoms with Crippen LogP contribution in [0.25, 0.3) is 11.3 Å². The predicted molar refractivity (Wildman–Crippen MR) is 104 cm³/mol. The number of hydrogen-bond donors (Lipinski definition) is 2. The summed E-state index contributed by atoms with van der Waals surface area (Å²) < 4.78 is 5.31. The number of nitrogens with zero attached hydrogens (tertiary/aromatic N) is 2. The zero-order chi connectivity index (χ0) is 19.1. The van der Waals surface area contributed by atoms with Crippen LogP contribution in [0.15, 0.2) is 65.2 Å². The van der Waals surface area contributed by atoms with Gasteiger partial charge in [-0.1, -0.05) is 47.6 Å². The van der Waals surface area contributed by atoms with Crippen LogP contribution in [0.5, 0.6) is 0 Å². The van der Waals surface area contributed by atoms with Crippen LogP contribution in [0.4, 0.5) is 11.4 Å². The maximum atomic E-state index is 12.6. The molecule has 2 amide bonds. The van der Waals surface area contributed by atoms with Gasteiger partial charge in [-0.15, -0.1) is 0 Å². The first-order chi connectivity index (χ1) is 13.7. The Labute approximate surface area is 161 Å². The quantitative estimate of drug-likeness (QED) is 0.736. The SMILES string of the molecule is O=C(NC1CC2C(=O)Nc3ccccc3N2C1)c1cc(-c2ccccc2)on1. The minimum Gasteiger partial charge on any atom is -0.356 e.